The summed E-state index contributed by atoms with van der Waals surface area (Å²) in [5.41, 5.74) is 3.29. The Morgan fingerprint density at radius 2 is 1.74 bits per heavy atom. The summed E-state index contributed by atoms with van der Waals surface area (Å²) in [6.45, 7) is 0. The Bertz CT molecular complexity index is 1690. The van der Waals surface area contributed by atoms with Gasteiger partial charge < -0.3 is 36.2 Å². The van der Waals surface area contributed by atoms with Crippen LogP contribution >= 0.6 is 0 Å². The molecule has 0 saturated heterocycles. The van der Waals surface area contributed by atoms with Crippen molar-refractivity contribution in [3.8, 4) is 23.3 Å². The van der Waals surface area contributed by atoms with E-state index >= 15 is 0 Å². The molecule has 1 saturated carbocycles. The van der Waals surface area contributed by atoms with Crippen LogP contribution in [-0.2, 0) is 20.8 Å². The maximum Gasteiger partial charge on any atom is 0.255 e. The summed E-state index contributed by atoms with van der Waals surface area (Å²) >= 11 is 0. The highest BCUT2D eigenvalue weighted by Crippen LogP contribution is 2.54. The number of aliphatic hydroxyl groups is 3. The molecule has 3 aliphatic carbocycles. The largest absolute Gasteiger partial charge is 0.508 e. The van der Waals surface area contributed by atoms with E-state index in [2.05, 4.69) is 11.8 Å². The molecular weight excluding hydrogens is 542 g/mol. The van der Waals surface area contributed by atoms with Gasteiger partial charge in [-0.2, -0.15) is 0 Å². The van der Waals surface area contributed by atoms with E-state index in [9.17, 15) is 39.9 Å². The number of anilines is 1. The van der Waals surface area contributed by atoms with Crippen LogP contribution in [0.1, 0.15) is 28.7 Å². The average molecular weight is 574 g/mol. The fourth-order valence-corrected chi connectivity index (χ4v) is 6.51. The number of hydrogen-bond donors (Lipinski definition) is 6. The first-order valence-corrected chi connectivity index (χ1v) is 13.2. The quantitative estimate of drug-likeness (QED) is 0.230. The highest BCUT2D eigenvalue weighted by Gasteiger charge is 2.64. The number of primary amides is 1. The number of ketones is 2. The summed E-state index contributed by atoms with van der Waals surface area (Å²) in [5, 5.41) is 55.4. The van der Waals surface area contributed by atoms with Gasteiger partial charge in [-0.3, -0.25) is 19.3 Å². The molecule has 0 aromatic heterocycles. The van der Waals surface area contributed by atoms with Crippen LogP contribution in [0.5, 0.6) is 11.5 Å². The molecule has 4 atom stereocenters. The Balaban J connectivity index is 1.73. The van der Waals surface area contributed by atoms with E-state index in [1.807, 2.05) is 0 Å². The standard InChI is InChI=1S/C31H31N3O8/c1-33(2)20-13-15(9-8-14-6-5-7-17(35)10-14)25(36)22-18(20)11-16-12-19-24(34(3)4)27(38)23(30(32)41)29(40)31(19,42)28(39)21(16)26(22)37/h5-7,10,13,16,19,24,35-37,40,42H,11-12H2,1-4H3,(H2,32,41)/t16-,19-,24-,31-/m1/s1. The molecule has 42 heavy (non-hydrogen) atoms. The van der Waals surface area contributed by atoms with Crippen LogP contribution in [0.3, 0.4) is 0 Å². The van der Waals surface area contributed by atoms with Crippen LogP contribution in [0.15, 0.2) is 47.2 Å². The van der Waals surface area contributed by atoms with Crippen molar-refractivity contribution in [1.29, 1.82) is 0 Å². The molecule has 1 amide bonds. The van der Waals surface area contributed by atoms with Crippen LogP contribution in [-0.4, -0.2) is 87.7 Å². The van der Waals surface area contributed by atoms with Gasteiger partial charge >= 0.3 is 0 Å². The number of carbonyl (C=O) groups excluding carboxylic acids is 3. The average Bonchev–Trinajstić information content (AvgIpc) is 2.89. The Morgan fingerprint density at radius 3 is 2.33 bits per heavy atom. The number of benzene rings is 2. The zero-order valence-electron chi connectivity index (χ0n) is 23.5. The molecule has 0 spiro atoms. The van der Waals surface area contributed by atoms with Gasteiger partial charge in [0.2, 0.25) is 5.78 Å². The number of phenolic OH excluding ortho intramolecular Hbond substituents is 2. The Hall–Kier alpha value is -4.79. The first kappa shape index (κ1) is 28.7. The molecule has 0 heterocycles. The fourth-order valence-electron chi connectivity index (χ4n) is 6.51. The summed E-state index contributed by atoms with van der Waals surface area (Å²) in [4.78, 5) is 42.7. The Labute approximate surface area is 241 Å². The number of hydrogen-bond acceptors (Lipinski definition) is 10. The molecule has 2 aromatic rings. The lowest BCUT2D eigenvalue weighted by atomic mass is 9.57. The predicted molar refractivity (Wildman–Crippen MR) is 153 cm³/mol. The van der Waals surface area contributed by atoms with E-state index in [-0.39, 0.29) is 35.3 Å². The Morgan fingerprint density at radius 1 is 1.05 bits per heavy atom. The second-order valence-electron chi connectivity index (χ2n) is 11.3. The maximum absolute atomic E-state index is 14.1. The molecule has 0 aliphatic heterocycles. The van der Waals surface area contributed by atoms with E-state index < -0.39 is 63.8 Å². The molecular formula is C31H31N3O8. The van der Waals surface area contributed by atoms with Gasteiger partial charge in [0, 0.05) is 36.8 Å². The third-order valence-electron chi connectivity index (χ3n) is 8.37. The number of Topliss-reactive ketones (excluding diaryl/α,β-unsaturated/α-hetero) is 2. The van der Waals surface area contributed by atoms with E-state index in [1.54, 1.807) is 51.3 Å². The Kier molecular flexibility index (Phi) is 6.80. The van der Waals surface area contributed by atoms with Gasteiger partial charge in [0.05, 0.1) is 17.2 Å². The van der Waals surface area contributed by atoms with Crippen molar-refractivity contribution >= 4 is 28.9 Å². The number of fused-ring (bicyclic) bond motifs is 3. The van der Waals surface area contributed by atoms with Gasteiger partial charge in [0.25, 0.3) is 5.91 Å². The van der Waals surface area contributed by atoms with Gasteiger partial charge in [-0.15, -0.1) is 0 Å². The molecule has 0 unspecified atom stereocenters. The summed E-state index contributed by atoms with van der Waals surface area (Å²) in [6.07, 6.45) is 0.161. The molecule has 11 nitrogen and oxygen atoms in total. The second-order valence-corrected chi connectivity index (χ2v) is 11.3. The molecule has 11 heteroatoms. The number of nitrogens with two attached hydrogens (primary N) is 1. The highest BCUT2D eigenvalue weighted by atomic mass is 16.3. The molecule has 218 valence electrons. The monoisotopic (exact) mass is 573 g/mol. The molecule has 0 bridgehead atoms. The number of likely N-dealkylation sites (N-methyl/N-ethyl adjacent to an activating group) is 1. The van der Waals surface area contributed by atoms with Crippen molar-refractivity contribution in [3.05, 3.63) is 69.5 Å². The van der Waals surface area contributed by atoms with Gasteiger partial charge in [-0.25, -0.2) is 0 Å². The van der Waals surface area contributed by atoms with Gasteiger partial charge in [-0.1, -0.05) is 17.9 Å². The molecule has 2 aromatic carbocycles. The van der Waals surface area contributed by atoms with Crippen LogP contribution in [0.2, 0.25) is 0 Å². The number of carbonyl (C=O) groups is 3. The molecule has 7 N–H and O–H groups in total. The van der Waals surface area contributed by atoms with E-state index in [4.69, 9.17) is 5.73 Å². The zero-order chi connectivity index (χ0) is 30.8. The minimum Gasteiger partial charge on any atom is -0.508 e. The molecule has 1 fully saturated rings. The van der Waals surface area contributed by atoms with E-state index in [1.165, 1.54) is 17.0 Å². The summed E-state index contributed by atoms with van der Waals surface area (Å²) in [6, 6.07) is 6.74. The smallest absolute Gasteiger partial charge is 0.255 e. The number of aliphatic hydroxyl groups excluding tert-OH is 2. The van der Waals surface area contributed by atoms with Crippen LogP contribution in [0.25, 0.3) is 5.76 Å². The predicted octanol–water partition coefficient (Wildman–Crippen LogP) is 1.14. The zero-order valence-corrected chi connectivity index (χ0v) is 23.5. The van der Waals surface area contributed by atoms with Gasteiger partial charge in [0.1, 0.15) is 28.6 Å². The topological polar surface area (TPSA) is 185 Å². The van der Waals surface area contributed by atoms with Crippen molar-refractivity contribution in [3.63, 3.8) is 0 Å². The number of phenols is 2. The number of amides is 1. The summed E-state index contributed by atoms with van der Waals surface area (Å²) in [5.74, 6) is -1.39. The van der Waals surface area contributed by atoms with Crippen molar-refractivity contribution in [2.45, 2.75) is 24.5 Å². The first-order valence-electron chi connectivity index (χ1n) is 13.2. The second kappa shape index (κ2) is 9.94. The SMILES string of the molecule is CN(C)c1cc(C#Cc2cccc(O)c2)c(O)c2c1C[C@@H]1C[C@@H]3[C@@H](N(C)C)C(=O)C(C(N)=O)=C(O)[C@]3(O)C(=O)C1=C2O. The normalized spacial score (nSPS) is 25.0. The highest BCUT2D eigenvalue weighted by molar-refractivity contribution is 6.24. The van der Waals surface area contributed by atoms with Crippen molar-refractivity contribution in [1.82, 2.24) is 4.90 Å². The maximum atomic E-state index is 14.1. The van der Waals surface area contributed by atoms with Crippen LogP contribution in [0, 0.1) is 23.7 Å². The lowest BCUT2D eigenvalue weighted by molar-refractivity contribution is -0.153. The summed E-state index contributed by atoms with van der Waals surface area (Å²) < 4.78 is 0. The number of aromatic hydroxyl groups is 2. The molecule has 5 rings (SSSR count). The van der Waals surface area contributed by atoms with Gasteiger partial charge in [0.15, 0.2) is 11.4 Å². The third-order valence-corrected chi connectivity index (χ3v) is 8.37. The minimum absolute atomic E-state index is 0.00154. The molecule has 0 radical (unpaired) electrons. The van der Waals surface area contributed by atoms with Gasteiger partial charge in [-0.05, 0) is 62.7 Å². The fraction of sp³-hybridized carbons (Fsp3) is 0.323. The minimum atomic E-state index is -2.71. The lowest BCUT2D eigenvalue weighted by Gasteiger charge is -2.50. The number of nitrogens with zero attached hydrogens (tertiary/aromatic N) is 2. The van der Waals surface area contributed by atoms with Crippen molar-refractivity contribution < 1.29 is 39.9 Å². The van der Waals surface area contributed by atoms with Crippen molar-refractivity contribution in [2.75, 3.05) is 33.1 Å². The van der Waals surface area contributed by atoms with Crippen molar-refractivity contribution in [2.24, 2.45) is 17.6 Å². The first-order chi connectivity index (χ1) is 19.7. The van der Waals surface area contributed by atoms with Crippen LogP contribution in [0.4, 0.5) is 5.69 Å². The lowest BCUT2D eigenvalue weighted by Crippen LogP contribution is -2.65. The third kappa shape index (κ3) is 4.10. The summed E-state index contributed by atoms with van der Waals surface area (Å²) in [7, 11) is 6.65. The van der Waals surface area contributed by atoms with E-state index in [0.717, 1.165) is 0 Å². The van der Waals surface area contributed by atoms with Crippen LogP contribution < -0.4 is 10.6 Å². The number of rotatable bonds is 3. The van der Waals surface area contributed by atoms with E-state index in [0.29, 0.717) is 16.8 Å². The molecule has 3 aliphatic rings.